The zero-order chi connectivity index (χ0) is 29.3. The fourth-order valence-corrected chi connectivity index (χ4v) is 9.51. The Kier molecular flexibility index (Phi) is 7.24. The smallest absolute Gasteiger partial charge is 0.431 e. The van der Waals surface area contributed by atoms with Gasteiger partial charge in [-0.2, -0.15) is 0 Å². The summed E-state index contributed by atoms with van der Waals surface area (Å²) in [7, 11) is 0. The second-order valence-electron chi connectivity index (χ2n) is 13.5. The predicted molar refractivity (Wildman–Crippen MR) is 141 cm³/mol. The first-order valence-corrected chi connectivity index (χ1v) is 14.7. The van der Waals surface area contributed by atoms with Gasteiger partial charge in [0.2, 0.25) is 12.5 Å². The standard InChI is InChI=1S/C31H42F2O7/c1-17-8-6-7-9-24(17)39-27(37)40-31(26(36)38-16-32)19(3)13-22-23-12-18(2)21-14-20(34)10-11-28(21,4)30(23,33)25(35)15-29(22,31)5/h10-11,14,17-19,22-25,35H,6-9,12-13,15-16H2,1-5H3/t17-,18?,19+,22-,23-,24+,25-,28-,29-,30-,31-/m0/s1. The third kappa shape index (κ3) is 3.85. The molecule has 0 saturated heterocycles. The van der Waals surface area contributed by atoms with Crippen LogP contribution in [-0.2, 0) is 23.8 Å². The average Bonchev–Trinajstić information content (AvgIpc) is 3.10. The highest BCUT2D eigenvalue weighted by Crippen LogP contribution is 2.72. The summed E-state index contributed by atoms with van der Waals surface area (Å²) in [6.07, 6.45) is 5.41. The normalized spacial score (nSPS) is 47.9. The van der Waals surface area contributed by atoms with E-state index >= 15 is 4.39 Å². The number of carbonyl (C=O) groups is 3. The van der Waals surface area contributed by atoms with E-state index in [9.17, 15) is 23.9 Å². The maximum absolute atomic E-state index is 17.6. The van der Waals surface area contributed by atoms with E-state index in [2.05, 4.69) is 0 Å². The zero-order valence-corrected chi connectivity index (χ0v) is 24.1. The van der Waals surface area contributed by atoms with Crippen molar-refractivity contribution >= 4 is 17.9 Å². The first-order valence-electron chi connectivity index (χ1n) is 14.7. The van der Waals surface area contributed by atoms with Crippen LogP contribution in [0.2, 0.25) is 0 Å². The van der Waals surface area contributed by atoms with E-state index in [1.165, 1.54) is 12.2 Å². The number of hydrogen-bond acceptors (Lipinski definition) is 7. The lowest BCUT2D eigenvalue weighted by molar-refractivity contribution is -0.235. The topological polar surface area (TPSA) is 99.1 Å². The van der Waals surface area contributed by atoms with Gasteiger partial charge >= 0.3 is 12.1 Å². The number of rotatable bonds is 4. The Balaban J connectivity index is 1.55. The van der Waals surface area contributed by atoms with Crippen LogP contribution in [0.25, 0.3) is 0 Å². The second kappa shape index (κ2) is 9.92. The van der Waals surface area contributed by atoms with Crippen molar-refractivity contribution in [3.63, 3.8) is 0 Å². The van der Waals surface area contributed by atoms with E-state index in [0.717, 1.165) is 19.3 Å². The van der Waals surface area contributed by atoms with Gasteiger partial charge in [-0.05, 0) is 75.4 Å². The number of alkyl halides is 2. The lowest BCUT2D eigenvalue weighted by atomic mass is 9.43. The molecule has 0 bridgehead atoms. The van der Waals surface area contributed by atoms with Crippen molar-refractivity contribution in [2.75, 3.05) is 6.86 Å². The number of carbonyl (C=O) groups excluding carboxylic acids is 3. The molecule has 1 unspecified atom stereocenters. The number of halogens is 2. The van der Waals surface area contributed by atoms with Gasteiger partial charge in [-0.15, -0.1) is 0 Å². The highest BCUT2D eigenvalue weighted by molar-refractivity contribution is 6.01. The van der Waals surface area contributed by atoms with Crippen LogP contribution in [0.1, 0.15) is 79.6 Å². The molecule has 5 rings (SSSR count). The molecule has 1 N–H and O–H groups in total. The van der Waals surface area contributed by atoms with Crippen LogP contribution in [0.15, 0.2) is 23.8 Å². The maximum atomic E-state index is 17.6. The van der Waals surface area contributed by atoms with Crippen molar-refractivity contribution in [3.05, 3.63) is 23.8 Å². The molecular weight excluding hydrogens is 522 g/mol. The molecule has 0 heterocycles. The molecule has 7 nitrogen and oxygen atoms in total. The largest absolute Gasteiger partial charge is 0.509 e. The summed E-state index contributed by atoms with van der Waals surface area (Å²) in [5, 5.41) is 11.7. The molecule has 222 valence electrons. The summed E-state index contributed by atoms with van der Waals surface area (Å²) < 4.78 is 47.7. The number of hydrogen-bond donors (Lipinski definition) is 1. The second-order valence-corrected chi connectivity index (χ2v) is 13.5. The van der Waals surface area contributed by atoms with Gasteiger partial charge in [0.1, 0.15) is 6.10 Å². The number of aliphatic hydroxyl groups is 1. The molecule has 4 fully saturated rings. The van der Waals surface area contributed by atoms with Crippen LogP contribution in [0.5, 0.6) is 0 Å². The van der Waals surface area contributed by atoms with E-state index in [0.29, 0.717) is 24.8 Å². The van der Waals surface area contributed by atoms with Crippen LogP contribution in [0.4, 0.5) is 13.6 Å². The molecule has 11 atom stereocenters. The van der Waals surface area contributed by atoms with E-state index in [-0.39, 0.29) is 30.1 Å². The minimum absolute atomic E-state index is 0.130. The molecule has 9 heteroatoms. The van der Waals surface area contributed by atoms with Crippen molar-refractivity contribution in [1.82, 2.24) is 0 Å². The summed E-state index contributed by atoms with van der Waals surface area (Å²) >= 11 is 0. The highest BCUT2D eigenvalue weighted by Gasteiger charge is 2.78. The molecule has 0 radical (unpaired) electrons. The fraction of sp³-hybridized carbons (Fsp3) is 0.774. The number of fused-ring (bicyclic) bond motifs is 5. The fourth-order valence-electron chi connectivity index (χ4n) is 9.51. The molecule has 0 aromatic heterocycles. The number of ketones is 1. The zero-order valence-electron chi connectivity index (χ0n) is 24.1. The first-order chi connectivity index (χ1) is 18.8. The van der Waals surface area contributed by atoms with Crippen LogP contribution < -0.4 is 0 Å². The van der Waals surface area contributed by atoms with E-state index in [1.807, 2.05) is 13.8 Å². The van der Waals surface area contributed by atoms with Crippen molar-refractivity contribution in [1.29, 1.82) is 0 Å². The molecule has 0 aromatic carbocycles. The minimum atomic E-state index is -2.13. The Morgan fingerprint density at radius 2 is 1.80 bits per heavy atom. The van der Waals surface area contributed by atoms with E-state index in [4.69, 9.17) is 14.2 Å². The number of allylic oxidation sites excluding steroid dienone is 4. The van der Waals surface area contributed by atoms with Gasteiger partial charge in [0.25, 0.3) is 0 Å². The van der Waals surface area contributed by atoms with Crippen LogP contribution in [0, 0.1) is 40.4 Å². The summed E-state index contributed by atoms with van der Waals surface area (Å²) in [6, 6.07) is 0. The molecule has 40 heavy (non-hydrogen) atoms. The Hall–Kier alpha value is -2.29. The third-order valence-corrected chi connectivity index (χ3v) is 11.5. The monoisotopic (exact) mass is 564 g/mol. The first kappa shape index (κ1) is 29.2. The summed E-state index contributed by atoms with van der Waals surface area (Å²) in [6.45, 7) is 7.70. The summed E-state index contributed by atoms with van der Waals surface area (Å²) in [5.74, 6) is -3.17. The van der Waals surface area contributed by atoms with Gasteiger partial charge in [0.05, 0.1) is 6.10 Å². The van der Waals surface area contributed by atoms with Gasteiger partial charge in [0.15, 0.2) is 11.5 Å². The molecule has 0 aromatic rings. The molecule has 0 amide bonds. The third-order valence-electron chi connectivity index (χ3n) is 11.5. The van der Waals surface area contributed by atoms with Gasteiger partial charge in [-0.3, -0.25) is 4.79 Å². The average molecular weight is 565 g/mol. The van der Waals surface area contributed by atoms with Gasteiger partial charge in [-0.25, -0.2) is 18.4 Å². The molecule has 5 aliphatic carbocycles. The van der Waals surface area contributed by atoms with Crippen LogP contribution in [0.3, 0.4) is 0 Å². The lowest BCUT2D eigenvalue weighted by Crippen LogP contribution is -2.70. The highest BCUT2D eigenvalue weighted by atomic mass is 19.1. The van der Waals surface area contributed by atoms with E-state index in [1.54, 1.807) is 26.8 Å². The predicted octanol–water partition coefficient (Wildman–Crippen LogP) is 5.79. The van der Waals surface area contributed by atoms with E-state index < -0.39 is 64.9 Å². The Bertz CT molecular complexity index is 1140. The Morgan fingerprint density at radius 1 is 1.10 bits per heavy atom. The van der Waals surface area contributed by atoms with Gasteiger partial charge in [0, 0.05) is 22.7 Å². The van der Waals surface area contributed by atoms with Crippen LogP contribution >= 0.6 is 0 Å². The molecular formula is C31H42F2O7. The Morgan fingerprint density at radius 3 is 2.48 bits per heavy atom. The van der Waals surface area contributed by atoms with Gasteiger partial charge in [-0.1, -0.05) is 45.8 Å². The summed E-state index contributed by atoms with van der Waals surface area (Å²) in [4.78, 5) is 39.2. The Labute approximate surface area is 234 Å². The SMILES string of the molecule is CC1C[C@H]2[C@@H]3C[C@@H](C)[C@](OC(=O)O[C@@H]4CCCC[C@@H]4C)(C(=O)OCF)[C@@]3(C)C[C@H](O)[C@]2(F)[C@@]2(C)C=CC(=O)C=C12. The molecule has 4 saturated carbocycles. The van der Waals surface area contributed by atoms with Crippen molar-refractivity contribution < 1.29 is 42.5 Å². The molecule has 5 aliphatic rings. The molecule has 0 aliphatic heterocycles. The van der Waals surface area contributed by atoms with Crippen molar-refractivity contribution in [2.24, 2.45) is 40.4 Å². The number of ether oxygens (including phenoxy) is 3. The lowest BCUT2D eigenvalue weighted by Gasteiger charge is -2.63. The minimum Gasteiger partial charge on any atom is -0.431 e. The van der Waals surface area contributed by atoms with Crippen molar-refractivity contribution in [3.8, 4) is 0 Å². The van der Waals surface area contributed by atoms with Gasteiger partial charge < -0.3 is 19.3 Å². The molecule has 0 spiro atoms. The van der Waals surface area contributed by atoms with Crippen LogP contribution in [-0.4, -0.2) is 53.4 Å². The number of esters is 1. The quantitative estimate of drug-likeness (QED) is 0.432. The maximum Gasteiger partial charge on any atom is 0.509 e. The summed E-state index contributed by atoms with van der Waals surface area (Å²) in [5.41, 5.74) is -5.95. The number of aliphatic hydroxyl groups excluding tert-OH is 1. The van der Waals surface area contributed by atoms with Crippen molar-refractivity contribution in [2.45, 2.75) is 103 Å².